The summed E-state index contributed by atoms with van der Waals surface area (Å²) in [4.78, 5) is 16.0. The van der Waals surface area contributed by atoms with Crippen LogP contribution in [0.1, 0.15) is 31.4 Å². The van der Waals surface area contributed by atoms with Crippen LogP contribution in [0.2, 0.25) is 5.02 Å². The van der Waals surface area contributed by atoms with Crippen molar-refractivity contribution in [2.75, 3.05) is 33.2 Å². The van der Waals surface area contributed by atoms with Crippen molar-refractivity contribution in [1.29, 1.82) is 0 Å². The van der Waals surface area contributed by atoms with E-state index in [4.69, 9.17) is 11.6 Å². The van der Waals surface area contributed by atoms with Crippen molar-refractivity contribution in [1.82, 2.24) is 15.1 Å². The summed E-state index contributed by atoms with van der Waals surface area (Å²) in [7, 11) is 1.69. The fourth-order valence-corrected chi connectivity index (χ4v) is 3.22. The average Bonchev–Trinajstić information content (AvgIpc) is 3.00. The van der Waals surface area contributed by atoms with Gasteiger partial charge in [-0.15, -0.1) is 0 Å². The van der Waals surface area contributed by atoms with Gasteiger partial charge in [0.2, 0.25) is 0 Å². The van der Waals surface area contributed by atoms with Crippen molar-refractivity contribution in [3.63, 3.8) is 0 Å². The lowest BCUT2D eigenvalue weighted by molar-refractivity contribution is 0.142. The first-order chi connectivity index (χ1) is 11.0. The first-order valence-corrected chi connectivity index (χ1v) is 8.51. The molecule has 128 valence electrons. The third-order valence-corrected chi connectivity index (χ3v) is 4.38. The number of nitrogens with one attached hydrogen (secondary N) is 1. The molecule has 0 aromatic heterocycles. The number of amides is 2. The molecular formula is C17H26ClN3O2. The molecule has 0 radical (unpaired) electrons. The summed E-state index contributed by atoms with van der Waals surface area (Å²) in [5, 5.41) is 13.1. The molecule has 0 saturated carbocycles. The number of likely N-dealkylation sites (N-methyl/N-ethyl adjacent to an activating group) is 1. The molecule has 2 rings (SSSR count). The Hall–Kier alpha value is -1.30. The number of rotatable bonds is 6. The van der Waals surface area contributed by atoms with Crippen molar-refractivity contribution < 1.29 is 9.90 Å². The zero-order valence-electron chi connectivity index (χ0n) is 13.8. The lowest BCUT2D eigenvalue weighted by Gasteiger charge is -2.29. The number of nitrogens with zero attached hydrogens (tertiary/aromatic N) is 2. The Morgan fingerprint density at radius 1 is 1.43 bits per heavy atom. The van der Waals surface area contributed by atoms with Crippen molar-refractivity contribution in [3.8, 4) is 0 Å². The Labute approximate surface area is 143 Å². The zero-order valence-corrected chi connectivity index (χ0v) is 14.6. The molecule has 1 saturated heterocycles. The summed E-state index contributed by atoms with van der Waals surface area (Å²) in [6.07, 6.45) is 1.84. The minimum atomic E-state index is -0.534. The van der Waals surface area contributed by atoms with Crippen LogP contribution >= 0.6 is 11.6 Å². The summed E-state index contributed by atoms with van der Waals surface area (Å²) >= 11 is 6.12. The highest BCUT2D eigenvalue weighted by Gasteiger charge is 2.24. The molecule has 1 aromatic carbocycles. The van der Waals surface area contributed by atoms with Gasteiger partial charge in [-0.2, -0.15) is 0 Å². The minimum absolute atomic E-state index is 0.125. The van der Waals surface area contributed by atoms with E-state index in [9.17, 15) is 9.90 Å². The lowest BCUT2D eigenvalue weighted by Crippen LogP contribution is -2.44. The van der Waals surface area contributed by atoms with Crippen molar-refractivity contribution >= 4 is 17.6 Å². The molecule has 5 nitrogen and oxygen atoms in total. The van der Waals surface area contributed by atoms with E-state index in [1.54, 1.807) is 14.0 Å². The highest BCUT2D eigenvalue weighted by atomic mass is 35.5. The number of aliphatic hydroxyl groups is 1. The van der Waals surface area contributed by atoms with Crippen LogP contribution in [-0.2, 0) is 0 Å². The number of urea groups is 1. The van der Waals surface area contributed by atoms with E-state index in [0.717, 1.165) is 18.7 Å². The second-order valence-electron chi connectivity index (χ2n) is 6.23. The maximum atomic E-state index is 12.2. The quantitative estimate of drug-likeness (QED) is 0.837. The van der Waals surface area contributed by atoms with E-state index >= 15 is 0 Å². The highest BCUT2D eigenvalue weighted by Crippen LogP contribution is 2.26. The second kappa shape index (κ2) is 8.52. The molecule has 2 N–H and O–H groups in total. The Morgan fingerprint density at radius 3 is 2.74 bits per heavy atom. The standard InChI is InChI=1S/C17H26ClN3O2/c1-13(22)12-20(2)17(23)19-11-16(21-8-3-4-9-21)14-6-5-7-15(18)10-14/h5-7,10,13,16,22H,3-4,8-9,11-12H2,1-2H3,(H,19,23). The maximum Gasteiger partial charge on any atom is 0.317 e. The van der Waals surface area contributed by atoms with Crippen LogP contribution in [0.25, 0.3) is 0 Å². The molecule has 1 aromatic rings. The summed E-state index contributed by atoms with van der Waals surface area (Å²) in [5.74, 6) is 0. The van der Waals surface area contributed by atoms with Gasteiger partial charge in [0, 0.05) is 25.2 Å². The van der Waals surface area contributed by atoms with E-state index in [1.165, 1.54) is 17.7 Å². The molecule has 1 aliphatic rings. The molecule has 0 aliphatic carbocycles. The third kappa shape index (κ3) is 5.37. The third-order valence-electron chi connectivity index (χ3n) is 4.15. The molecule has 0 bridgehead atoms. The van der Waals surface area contributed by atoms with Gasteiger partial charge in [-0.3, -0.25) is 4.90 Å². The number of hydrogen-bond acceptors (Lipinski definition) is 3. The molecule has 0 spiro atoms. The van der Waals surface area contributed by atoms with Crippen molar-refractivity contribution in [3.05, 3.63) is 34.9 Å². The number of aliphatic hydroxyl groups excluding tert-OH is 1. The van der Waals surface area contributed by atoms with E-state index in [-0.39, 0.29) is 12.1 Å². The molecule has 1 heterocycles. The number of carbonyl (C=O) groups excluding carboxylic acids is 1. The first-order valence-electron chi connectivity index (χ1n) is 8.14. The zero-order chi connectivity index (χ0) is 16.8. The van der Waals surface area contributed by atoms with Gasteiger partial charge in [-0.05, 0) is 50.6 Å². The summed E-state index contributed by atoms with van der Waals surface area (Å²) in [6.45, 7) is 4.59. The van der Waals surface area contributed by atoms with E-state index < -0.39 is 6.10 Å². The lowest BCUT2D eigenvalue weighted by atomic mass is 10.1. The second-order valence-corrected chi connectivity index (χ2v) is 6.67. The number of hydrogen-bond donors (Lipinski definition) is 2. The first kappa shape index (κ1) is 18.0. The highest BCUT2D eigenvalue weighted by molar-refractivity contribution is 6.30. The van der Waals surface area contributed by atoms with E-state index in [2.05, 4.69) is 16.3 Å². The molecule has 1 fully saturated rings. The van der Waals surface area contributed by atoms with Gasteiger partial charge in [-0.1, -0.05) is 23.7 Å². The monoisotopic (exact) mass is 339 g/mol. The van der Waals surface area contributed by atoms with E-state index in [0.29, 0.717) is 18.1 Å². The largest absolute Gasteiger partial charge is 0.392 e. The SMILES string of the molecule is CC(O)CN(C)C(=O)NCC(c1cccc(Cl)c1)N1CCCC1. The Balaban J connectivity index is 2.02. The van der Waals surface area contributed by atoms with Gasteiger partial charge < -0.3 is 15.3 Å². The number of likely N-dealkylation sites (tertiary alicyclic amines) is 1. The number of halogens is 1. The van der Waals surface area contributed by atoms with Gasteiger partial charge >= 0.3 is 6.03 Å². The van der Waals surface area contributed by atoms with Crippen LogP contribution in [0.5, 0.6) is 0 Å². The topological polar surface area (TPSA) is 55.8 Å². The van der Waals surface area contributed by atoms with Crippen LogP contribution in [0.3, 0.4) is 0 Å². The fourth-order valence-electron chi connectivity index (χ4n) is 3.02. The van der Waals surface area contributed by atoms with Crippen LogP contribution in [0.15, 0.2) is 24.3 Å². The molecule has 2 amide bonds. The van der Waals surface area contributed by atoms with Crippen LogP contribution in [-0.4, -0.2) is 60.3 Å². The van der Waals surface area contributed by atoms with Gasteiger partial charge in [0.1, 0.15) is 0 Å². The molecular weight excluding hydrogens is 314 g/mol. The predicted molar refractivity (Wildman–Crippen MR) is 92.7 cm³/mol. The predicted octanol–water partition coefficient (Wildman–Crippen LogP) is 2.50. The minimum Gasteiger partial charge on any atom is -0.392 e. The van der Waals surface area contributed by atoms with Crippen molar-refractivity contribution in [2.24, 2.45) is 0 Å². The molecule has 2 atom stereocenters. The van der Waals surface area contributed by atoms with Crippen LogP contribution in [0.4, 0.5) is 4.79 Å². The number of carbonyl (C=O) groups is 1. The van der Waals surface area contributed by atoms with Crippen LogP contribution < -0.4 is 5.32 Å². The fraction of sp³-hybridized carbons (Fsp3) is 0.588. The Kier molecular flexibility index (Phi) is 6.69. The van der Waals surface area contributed by atoms with Crippen LogP contribution in [0, 0.1) is 0 Å². The summed E-state index contributed by atoms with van der Waals surface area (Å²) in [5.41, 5.74) is 1.12. The van der Waals surface area contributed by atoms with Gasteiger partial charge in [-0.25, -0.2) is 4.79 Å². The van der Waals surface area contributed by atoms with Gasteiger partial charge in [0.05, 0.1) is 12.1 Å². The van der Waals surface area contributed by atoms with Crippen molar-refractivity contribution in [2.45, 2.75) is 31.9 Å². The Bertz CT molecular complexity index is 518. The molecule has 23 heavy (non-hydrogen) atoms. The maximum absolute atomic E-state index is 12.2. The van der Waals surface area contributed by atoms with Gasteiger partial charge in [0.25, 0.3) is 0 Å². The average molecular weight is 340 g/mol. The summed E-state index contributed by atoms with van der Waals surface area (Å²) < 4.78 is 0. The molecule has 1 aliphatic heterocycles. The van der Waals surface area contributed by atoms with E-state index in [1.807, 2.05) is 18.2 Å². The normalized spacial score (nSPS) is 17.7. The molecule has 6 heteroatoms. The smallest absolute Gasteiger partial charge is 0.317 e. The molecule has 2 unspecified atom stereocenters. The summed E-state index contributed by atoms with van der Waals surface area (Å²) in [6, 6.07) is 7.79. The number of benzene rings is 1. The van der Waals surface area contributed by atoms with Gasteiger partial charge in [0.15, 0.2) is 0 Å². The Morgan fingerprint density at radius 2 is 2.13 bits per heavy atom.